The van der Waals surface area contributed by atoms with Gasteiger partial charge in [0.2, 0.25) is 17.6 Å². The molecule has 2 atom stereocenters. The molecule has 3 rings (SSSR count). The Morgan fingerprint density at radius 1 is 1.42 bits per heavy atom. The van der Waals surface area contributed by atoms with Gasteiger partial charge < -0.3 is 14.5 Å². The van der Waals surface area contributed by atoms with Crippen molar-refractivity contribution in [2.24, 2.45) is 0 Å². The fourth-order valence-corrected chi connectivity index (χ4v) is 2.83. The molecule has 0 aliphatic carbocycles. The number of benzene rings is 1. The number of hydrogen-bond acceptors (Lipinski definition) is 5. The summed E-state index contributed by atoms with van der Waals surface area (Å²) in [6.07, 6.45) is -1.25. The highest BCUT2D eigenvalue weighted by Crippen LogP contribution is 2.25. The van der Waals surface area contributed by atoms with Crippen LogP contribution in [0, 0.1) is 0 Å². The Labute approximate surface area is 143 Å². The Hall–Kier alpha value is -1.99. The van der Waals surface area contributed by atoms with E-state index in [0.717, 1.165) is 0 Å². The summed E-state index contributed by atoms with van der Waals surface area (Å²) in [5.41, 5.74) is 0.685. The first-order chi connectivity index (χ1) is 11.5. The molecule has 0 spiro atoms. The number of aliphatic hydroxyl groups excluding tert-OH is 1. The van der Waals surface area contributed by atoms with Crippen LogP contribution < -0.4 is 0 Å². The van der Waals surface area contributed by atoms with Crippen LogP contribution in [0.25, 0.3) is 11.4 Å². The summed E-state index contributed by atoms with van der Waals surface area (Å²) in [4.78, 5) is 17.6. The molecule has 24 heavy (non-hydrogen) atoms. The molecular formula is C16H17ClFN3O3. The van der Waals surface area contributed by atoms with Gasteiger partial charge in [-0.3, -0.25) is 4.79 Å². The van der Waals surface area contributed by atoms with Gasteiger partial charge in [-0.05, 0) is 18.6 Å². The average Bonchev–Trinajstić information content (AvgIpc) is 3.15. The summed E-state index contributed by atoms with van der Waals surface area (Å²) in [7, 11) is 0. The Morgan fingerprint density at radius 2 is 2.21 bits per heavy atom. The molecule has 1 saturated heterocycles. The van der Waals surface area contributed by atoms with Crippen LogP contribution >= 0.6 is 11.6 Å². The van der Waals surface area contributed by atoms with E-state index in [1.807, 2.05) is 12.1 Å². The largest absolute Gasteiger partial charge is 0.388 e. The second kappa shape index (κ2) is 7.27. The topological polar surface area (TPSA) is 79.5 Å². The van der Waals surface area contributed by atoms with Gasteiger partial charge in [-0.1, -0.05) is 28.9 Å². The molecule has 1 amide bonds. The number of nitrogens with zero attached hydrogens (tertiary/aromatic N) is 3. The molecule has 6 nitrogen and oxygen atoms in total. The van der Waals surface area contributed by atoms with E-state index >= 15 is 0 Å². The number of amides is 1. The lowest BCUT2D eigenvalue weighted by molar-refractivity contribution is -0.130. The van der Waals surface area contributed by atoms with Crippen molar-refractivity contribution in [2.45, 2.75) is 31.5 Å². The zero-order valence-corrected chi connectivity index (χ0v) is 13.6. The van der Waals surface area contributed by atoms with Crippen LogP contribution in [-0.2, 0) is 11.2 Å². The molecule has 1 aromatic carbocycles. The average molecular weight is 354 g/mol. The lowest BCUT2D eigenvalue weighted by atomic mass is 10.2. The second-order valence-corrected chi connectivity index (χ2v) is 6.13. The summed E-state index contributed by atoms with van der Waals surface area (Å²) >= 11 is 6.09. The number of carbonyl (C=O) groups is 1. The van der Waals surface area contributed by atoms with Crippen molar-refractivity contribution in [1.82, 2.24) is 15.0 Å². The number of carbonyl (C=O) groups excluding carboxylic acids is 1. The molecule has 0 saturated carbocycles. The van der Waals surface area contributed by atoms with Gasteiger partial charge in [0.15, 0.2) is 0 Å². The number of aromatic nitrogens is 2. The number of alkyl halides is 1. The third-order valence-corrected chi connectivity index (χ3v) is 4.27. The van der Waals surface area contributed by atoms with E-state index < -0.39 is 12.3 Å². The molecule has 2 aromatic rings. The van der Waals surface area contributed by atoms with Crippen molar-refractivity contribution in [3.05, 3.63) is 35.2 Å². The van der Waals surface area contributed by atoms with Crippen LogP contribution in [0.15, 0.2) is 28.8 Å². The number of β-amino-alcohol motifs (C(OH)–C–C–N with tert-alkyl or cyclic N) is 1. The van der Waals surface area contributed by atoms with Gasteiger partial charge in [-0.25, -0.2) is 4.39 Å². The molecule has 1 aromatic heterocycles. The van der Waals surface area contributed by atoms with Crippen LogP contribution in [0.1, 0.15) is 18.7 Å². The zero-order chi connectivity index (χ0) is 17.1. The van der Waals surface area contributed by atoms with Crippen LogP contribution in [-0.4, -0.2) is 51.4 Å². The quantitative estimate of drug-likeness (QED) is 0.891. The van der Waals surface area contributed by atoms with Crippen molar-refractivity contribution in [3.8, 4) is 11.4 Å². The highest BCUT2D eigenvalue weighted by Gasteiger charge is 2.33. The third kappa shape index (κ3) is 3.73. The molecule has 1 fully saturated rings. The molecule has 0 bridgehead atoms. The monoisotopic (exact) mass is 353 g/mol. The summed E-state index contributed by atoms with van der Waals surface area (Å²) in [5, 5.41) is 13.8. The predicted octanol–water partition coefficient (Wildman–Crippen LogP) is 2.25. The van der Waals surface area contributed by atoms with Gasteiger partial charge in [-0.2, -0.15) is 4.98 Å². The summed E-state index contributed by atoms with van der Waals surface area (Å²) in [5.74, 6) is 0.646. The molecule has 0 radical (unpaired) electrons. The van der Waals surface area contributed by atoms with E-state index in [-0.39, 0.29) is 25.4 Å². The van der Waals surface area contributed by atoms with Gasteiger partial charge in [-0.15, -0.1) is 0 Å². The minimum absolute atomic E-state index is 0.0444. The third-order valence-electron chi connectivity index (χ3n) is 3.94. The van der Waals surface area contributed by atoms with Gasteiger partial charge in [0, 0.05) is 24.9 Å². The summed E-state index contributed by atoms with van der Waals surface area (Å²) in [6.45, 7) is 0.00836. The first-order valence-electron chi connectivity index (χ1n) is 7.72. The van der Waals surface area contributed by atoms with Crippen molar-refractivity contribution in [3.63, 3.8) is 0 Å². The number of likely N-dealkylation sites (tertiary alicyclic amines) is 1. The molecular weight excluding hydrogens is 337 g/mol. The Bertz CT molecular complexity index is 714. The van der Waals surface area contributed by atoms with E-state index in [2.05, 4.69) is 10.1 Å². The van der Waals surface area contributed by atoms with Crippen molar-refractivity contribution >= 4 is 17.5 Å². The van der Waals surface area contributed by atoms with Crippen molar-refractivity contribution < 1.29 is 18.8 Å². The van der Waals surface area contributed by atoms with Gasteiger partial charge in [0.1, 0.15) is 12.3 Å². The van der Waals surface area contributed by atoms with Crippen LogP contribution in [0.4, 0.5) is 4.39 Å². The van der Waals surface area contributed by atoms with Crippen LogP contribution in [0.3, 0.4) is 0 Å². The van der Waals surface area contributed by atoms with E-state index in [9.17, 15) is 14.3 Å². The van der Waals surface area contributed by atoms with Gasteiger partial charge in [0.05, 0.1) is 11.6 Å². The second-order valence-electron chi connectivity index (χ2n) is 5.73. The van der Waals surface area contributed by atoms with Crippen molar-refractivity contribution in [1.29, 1.82) is 0 Å². The molecule has 1 aliphatic rings. The lowest BCUT2D eigenvalue weighted by Crippen LogP contribution is -2.29. The minimum Gasteiger partial charge on any atom is -0.388 e. The number of aryl methyl sites for hydroxylation is 1. The summed E-state index contributed by atoms with van der Waals surface area (Å²) in [6, 6.07) is 7.19. The van der Waals surface area contributed by atoms with Crippen LogP contribution in [0.5, 0.6) is 0 Å². The van der Waals surface area contributed by atoms with Crippen LogP contribution in [0.2, 0.25) is 5.02 Å². The van der Waals surface area contributed by atoms with E-state index in [4.69, 9.17) is 16.1 Å². The van der Waals surface area contributed by atoms with E-state index in [1.165, 1.54) is 4.90 Å². The molecule has 1 N–H and O–H groups in total. The molecule has 1 aliphatic heterocycles. The standard InChI is InChI=1S/C16H17ClFN3O3/c17-11-5-2-1-4-10(11)16-19-14(24-20-16)6-3-7-15(23)21-8-12(18)13(22)9-21/h1-2,4-5,12-13,22H,3,6-9H2/t12-,13-/m1/s1. The van der Waals surface area contributed by atoms with E-state index in [0.29, 0.717) is 35.1 Å². The predicted molar refractivity (Wildman–Crippen MR) is 85.2 cm³/mol. The molecule has 0 unspecified atom stereocenters. The number of aliphatic hydroxyl groups is 1. The van der Waals surface area contributed by atoms with Crippen molar-refractivity contribution in [2.75, 3.05) is 13.1 Å². The van der Waals surface area contributed by atoms with Gasteiger partial charge >= 0.3 is 0 Å². The number of hydrogen-bond donors (Lipinski definition) is 1. The summed E-state index contributed by atoms with van der Waals surface area (Å²) < 4.78 is 18.4. The normalized spacial score (nSPS) is 20.5. The number of rotatable bonds is 5. The molecule has 128 valence electrons. The lowest BCUT2D eigenvalue weighted by Gasteiger charge is -2.14. The Kier molecular flexibility index (Phi) is 5.11. The minimum atomic E-state index is -1.36. The maximum Gasteiger partial charge on any atom is 0.226 e. The first-order valence-corrected chi connectivity index (χ1v) is 8.10. The zero-order valence-electron chi connectivity index (χ0n) is 12.9. The molecule has 2 heterocycles. The maximum absolute atomic E-state index is 13.2. The fraction of sp³-hybridized carbons (Fsp3) is 0.438. The van der Waals surface area contributed by atoms with Gasteiger partial charge in [0.25, 0.3) is 0 Å². The first kappa shape index (κ1) is 16.9. The highest BCUT2D eigenvalue weighted by atomic mass is 35.5. The highest BCUT2D eigenvalue weighted by molar-refractivity contribution is 6.33. The molecule has 8 heteroatoms. The Balaban J connectivity index is 1.51. The van der Waals surface area contributed by atoms with E-state index in [1.54, 1.807) is 12.1 Å². The Morgan fingerprint density at radius 3 is 2.92 bits per heavy atom. The maximum atomic E-state index is 13.2. The fourth-order valence-electron chi connectivity index (χ4n) is 2.61. The smallest absolute Gasteiger partial charge is 0.226 e. The number of halogens is 2. The SMILES string of the molecule is O=C(CCCc1nc(-c2ccccc2Cl)no1)N1C[C@@H](O)[C@H](F)C1.